The molecule has 0 unspecified atom stereocenters. The topological polar surface area (TPSA) is 67.2 Å². The number of hydrogen-bond donors (Lipinski definition) is 1. The first-order chi connectivity index (χ1) is 10.2. The third-order valence-corrected chi connectivity index (χ3v) is 4.01. The third kappa shape index (κ3) is 1.99. The number of anilines is 1. The van der Waals surface area contributed by atoms with Gasteiger partial charge in [0.1, 0.15) is 5.82 Å². The summed E-state index contributed by atoms with van der Waals surface area (Å²) in [6, 6.07) is 5.41. The first kappa shape index (κ1) is 12.1. The minimum absolute atomic E-state index is 0.0189. The van der Waals surface area contributed by atoms with Crippen LogP contribution in [0.3, 0.4) is 0 Å². The maximum absolute atomic E-state index is 12.6. The summed E-state index contributed by atoms with van der Waals surface area (Å²) in [5, 5.41) is 2.78. The van der Waals surface area contributed by atoms with Crippen LogP contribution in [-0.4, -0.2) is 32.8 Å². The Morgan fingerprint density at radius 1 is 1.29 bits per heavy atom. The van der Waals surface area contributed by atoms with Gasteiger partial charge in [-0.05, 0) is 17.7 Å². The van der Waals surface area contributed by atoms with Gasteiger partial charge in [0, 0.05) is 36.7 Å². The fraction of sp³-hybridized carbons (Fsp3) is 0.267. The van der Waals surface area contributed by atoms with Gasteiger partial charge in [-0.3, -0.25) is 9.59 Å². The molecule has 2 aliphatic heterocycles. The summed E-state index contributed by atoms with van der Waals surface area (Å²) in [4.78, 5) is 30.0. The fourth-order valence-electron chi connectivity index (χ4n) is 2.88. The van der Waals surface area contributed by atoms with E-state index >= 15 is 0 Å². The maximum Gasteiger partial charge on any atom is 0.254 e. The van der Waals surface area contributed by atoms with Crippen LogP contribution in [0.25, 0.3) is 0 Å². The van der Waals surface area contributed by atoms with E-state index in [9.17, 15) is 9.59 Å². The number of benzene rings is 1. The zero-order chi connectivity index (χ0) is 14.4. The Bertz CT molecular complexity index is 750. The molecular weight excluding hydrogens is 268 g/mol. The highest BCUT2D eigenvalue weighted by molar-refractivity contribution is 6.02. The molecule has 0 saturated heterocycles. The van der Waals surface area contributed by atoms with Gasteiger partial charge in [0.05, 0.1) is 13.0 Å². The van der Waals surface area contributed by atoms with E-state index in [1.807, 2.05) is 12.3 Å². The standard InChI is InChI=1S/C15H14N4O2/c20-14-8-10-1-2-11(7-12(10)17-14)15(21)19-6-5-18-4-3-16-13(18)9-19/h1-4,7H,5-6,8-9H2,(H,17,20). The largest absolute Gasteiger partial charge is 0.332 e. The Hall–Kier alpha value is -2.63. The highest BCUT2D eigenvalue weighted by Gasteiger charge is 2.24. The smallest absolute Gasteiger partial charge is 0.254 e. The van der Waals surface area contributed by atoms with Gasteiger partial charge in [-0.25, -0.2) is 4.98 Å². The zero-order valence-corrected chi connectivity index (χ0v) is 11.4. The van der Waals surface area contributed by atoms with Gasteiger partial charge in [-0.2, -0.15) is 0 Å². The number of carbonyl (C=O) groups is 2. The molecule has 0 bridgehead atoms. The van der Waals surface area contributed by atoms with Crippen molar-refractivity contribution in [1.82, 2.24) is 14.5 Å². The van der Waals surface area contributed by atoms with Gasteiger partial charge in [0.25, 0.3) is 5.91 Å². The number of aromatic nitrogens is 2. The number of hydrogen-bond acceptors (Lipinski definition) is 3. The minimum atomic E-state index is -0.0202. The molecule has 1 aromatic heterocycles. The van der Waals surface area contributed by atoms with Crippen molar-refractivity contribution in [2.45, 2.75) is 19.5 Å². The van der Waals surface area contributed by atoms with E-state index < -0.39 is 0 Å². The molecule has 4 rings (SSSR count). The van der Waals surface area contributed by atoms with E-state index in [-0.39, 0.29) is 11.8 Å². The SMILES string of the molecule is O=C1Cc2ccc(C(=O)N3CCn4ccnc4C3)cc2N1. The highest BCUT2D eigenvalue weighted by Crippen LogP contribution is 2.25. The maximum atomic E-state index is 12.6. The predicted octanol–water partition coefficient (Wildman–Crippen LogP) is 1.03. The average Bonchev–Trinajstić information content (AvgIpc) is 3.09. The molecule has 106 valence electrons. The third-order valence-electron chi connectivity index (χ3n) is 4.01. The molecule has 2 amide bonds. The summed E-state index contributed by atoms with van der Waals surface area (Å²) in [7, 11) is 0. The Balaban J connectivity index is 1.59. The Labute approximate surface area is 121 Å². The first-order valence-electron chi connectivity index (χ1n) is 6.93. The Kier molecular flexibility index (Phi) is 2.57. The van der Waals surface area contributed by atoms with Crippen LogP contribution in [-0.2, 0) is 24.3 Å². The molecular formula is C15H14N4O2. The summed E-state index contributed by atoms with van der Waals surface area (Å²) in [5.74, 6) is 0.867. The molecule has 0 saturated carbocycles. The van der Waals surface area contributed by atoms with Gasteiger partial charge < -0.3 is 14.8 Å². The number of nitrogens with one attached hydrogen (secondary N) is 1. The lowest BCUT2D eigenvalue weighted by molar-refractivity contribution is -0.115. The van der Waals surface area contributed by atoms with Crippen LogP contribution in [0.1, 0.15) is 21.7 Å². The Morgan fingerprint density at radius 2 is 2.19 bits per heavy atom. The van der Waals surface area contributed by atoms with Crippen LogP contribution in [0.15, 0.2) is 30.6 Å². The summed E-state index contributed by atoms with van der Waals surface area (Å²) < 4.78 is 2.06. The van der Waals surface area contributed by atoms with Crippen LogP contribution < -0.4 is 5.32 Å². The van der Waals surface area contributed by atoms with Crippen molar-refractivity contribution in [1.29, 1.82) is 0 Å². The molecule has 1 aromatic carbocycles. The molecule has 0 atom stereocenters. The molecule has 0 spiro atoms. The number of fused-ring (bicyclic) bond motifs is 2. The van der Waals surface area contributed by atoms with E-state index in [1.54, 1.807) is 23.2 Å². The fourth-order valence-corrected chi connectivity index (χ4v) is 2.88. The second-order valence-electron chi connectivity index (χ2n) is 5.36. The average molecular weight is 282 g/mol. The summed E-state index contributed by atoms with van der Waals surface area (Å²) in [6.45, 7) is 1.96. The molecule has 0 fully saturated rings. The van der Waals surface area contributed by atoms with Crippen molar-refractivity contribution in [3.05, 3.63) is 47.5 Å². The van der Waals surface area contributed by atoms with Crippen molar-refractivity contribution in [3.8, 4) is 0 Å². The van der Waals surface area contributed by atoms with Crippen LogP contribution in [0.4, 0.5) is 5.69 Å². The van der Waals surface area contributed by atoms with Crippen molar-refractivity contribution in [2.75, 3.05) is 11.9 Å². The minimum Gasteiger partial charge on any atom is -0.332 e. The highest BCUT2D eigenvalue weighted by atomic mass is 16.2. The number of rotatable bonds is 1. The van der Waals surface area contributed by atoms with Crippen LogP contribution in [0.2, 0.25) is 0 Å². The van der Waals surface area contributed by atoms with E-state index in [1.165, 1.54) is 0 Å². The van der Waals surface area contributed by atoms with Gasteiger partial charge >= 0.3 is 0 Å². The quantitative estimate of drug-likeness (QED) is 0.849. The van der Waals surface area contributed by atoms with Crippen LogP contribution in [0, 0.1) is 0 Å². The van der Waals surface area contributed by atoms with E-state index in [2.05, 4.69) is 14.9 Å². The molecule has 0 radical (unpaired) electrons. The van der Waals surface area contributed by atoms with E-state index in [0.717, 1.165) is 23.6 Å². The molecule has 6 nitrogen and oxygen atoms in total. The summed E-state index contributed by atoms with van der Waals surface area (Å²) in [5.41, 5.74) is 2.31. The molecule has 2 aliphatic rings. The van der Waals surface area contributed by atoms with Crippen molar-refractivity contribution in [3.63, 3.8) is 0 Å². The monoisotopic (exact) mass is 282 g/mol. The molecule has 21 heavy (non-hydrogen) atoms. The van der Waals surface area contributed by atoms with Gasteiger partial charge in [-0.1, -0.05) is 6.07 Å². The van der Waals surface area contributed by atoms with Crippen molar-refractivity contribution >= 4 is 17.5 Å². The lowest BCUT2D eigenvalue weighted by atomic mass is 10.1. The molecule has 6 heteroatoms. The lowest BCUT2D eigenvalue weighted by Crippen LogP contribution is -2.38. The number of amides is 2. The Morgan fingerprint density at radius 3 is 3.10 bits per heavy atom. The predicted molar refractivity (Wildman–Crippen MR) is 75.7 cm³/mol. The van der Waals surface area contributed by atoms with Crippen molar-refractivity contribution < 1.29 is 9.59 Å². The van der Waals surface area contributed by atoms with Crippen LogP contribution >= 0.6 is 0 Å². The summed E-state index contributed by atoms with van der Waals surface area (Å²) in [6.07, 6.45) is 4.08. The second kappa shape index (κ2) is 4.44. The number of nitrogens with zero attached hydrogens (tertiary/aromatic N) is 3. The van der Waals surface area contributed by atoms with Gasteiger partial charge in [-0.15, -0.1) is 0 Å². The van der Waals surface area contributed by atoms with Crippen LogP contribution in [0.5, 0.6) is 0 Å². The van der Waals surface area contributed by atoms with E-state index in [4.69, 9.17) is 0 Å². The second-order valence-corrected chi connectivity index (χ2v) is 5.36. The molecule has 2 aromatic rings. The molecule has 3 heterocycles. The van der Waals surface area contributed by atoms with E-state index in [0.29, 0.717) is 25.1 Å². The molecule has 1 N–H and O–H groups in total. The summed E-state index contributed by atoms with van der Waals surface area (Å²) >= 11 is 0. The zero-order valence-electron chi connectivity index (χ0n) is 11.4. The normalized spacial score (nSPS) is 16.4. The lowest BCUT2D eigenvalue weighted by Gasteiger charge is -2.27. The van der Waals surface area contributed by atoms with Crippen molar-refractivity contribution in [2.24, 2.45) is 0 Å². The first-order valence-corrected chi connectivity index (χ1v) is 6.93. The number of imidazole rings is 1. The van der Waals surface area contributed by atoms with Gasteiger partial charge in [0.15, 0.2) is 0 Å². The number of carbonyl (C=O) groups excluding carboxylic acids is 2. The van der Waals surface area contributed by atoms with Gasteiger partial charge in [0.2, 0.25) is 5.91 Å². The molecule has 0 aliphatic carbocycles.